The van der Waals surface area contributed by atoms with Crippen LogP contribution in [-0.2, 0) is 9.59 Å². The van der Waals surface area contributed by atoms with Gasteiger partial charge in [0.25, 0.3) is 0 Å². The summed E-state index contributed by atoms with van der Waals surface area (Å²) in [4.78, 5) is 22.0. The van der Waals surface area contributed by atoms with Crippen LogP contribution >= 0.6 is 11.8 Å². The standard InChI is InChI=1S/C10H11NO3S/c1-7(12)11-8-4-2-3-5-9(8)15-6-10(13)14/h2-5H,6H2,1H3,(H,11,12)(H,13,14). The number of anilines is 1. The van der Waals surface area contributed by atoms with E-state index in [1.54, 1.807) is 24.3 Å². The number of nitrogens with one attached hydrogen (secondary N) is 1. The van der Waals surface area contributed by atoms with Crippen LogP contribution in [0.5, 0.6) is 0 Å². The first-order valence-corrected chi connectivity index (χ1v) is 5.29. The molecule has 0 spiro atoms. The fourth-order valence-electron chi connectivity index (χ4n) is 1.02. The highest BCUT2D eigenvalue weighted by molar-refractivity contribution is 8.00. The second kappa shape index (κ2) is 5.41. The molecule has 0 aliphatic carbocycles. The summed E-state index contributed by atoms with van der Waals surface area (Å²) < 4.78 is 0. The van der Waals surface area contributed by atoms with Gasteiger partial charge in [-0.1, -0.05) is 12.1 Å². The van der Waals surface area contributed by atoms with E-state index in [0.29, 0.717) is 5.69 Å². The Bertz CT molecular complexity index is 379. The van der Waals surface area contributed by atoms with Crippen molar-refractivity contribution in [3.8, 4) is 0 Å². The number of carbonyl (C=O) groups excluding carboxylic acids is 1. The van der Waals surface area contributed by atoms with Gasteiger partial charge in [0.2, 0.25) is 5.91 Å². The van der Waals surface area contributed by atoms with Crippen molar-refractivity contribution in [1.29, 1.82) is 0 Å². The minimum absolute atomic E-state index is 0.0173. The zero-order valence-electron chi connectivity index (χ0n) is 8.19. The molecule has 0 heterocycles. The largest absolute Gasteiger partial charge is 0.481 e. The number of carbonyl (C=O) groups is 2. The second-order valence-electron chi connectivity index (χ2n) is 2.86. The lowest BCUT2D eigenvalue weighted by molar-refractivity contribution is -0.133. The van der Waals surface area contributed by atoms with Gasteiger partial charge in [-0.2, -0.15) is 0 Å². The predicted octanol–water partition coefficient (Wildman–Crippen LogP) is 1.82. The van der Waals surface area contributed by atoms with Crippen LogP contribution in [0.4, 0.5) is 5.69 Å². The number of aliphatic carboxylic acids is 1. The predicted molar refractivity (Wildman–Crippen MR) is 59.1 cm³/mol. The van der Waals surface area contributed by atoms with Crippen molar-refractivity contribution in [2.24, 2.45) is 0 Å². The Kier molecular flexibility index (Phi) is 4.17. The highest BCUT2D eigenvalue weighted by Crippen LogP contribution is 2.26. The lowest BCUT2D eigenvalue weighted by Crippen LogP contribution is -2.07. The van der Waals surface area contributed by atoms with Gasteiger partial charge in [0, 0.05) is 11.8 Å². The van der Waals surface area contributed by atoms with Crippen LogP contribution in [0.15, 0.2) is 29.2 Å². The number of benzene rings is 1. The Morgan fingerprint density at radius 1 is 1.40 bits per heavy atom. The molecule has 0 aliphatic heterocycles. The highest BCUT2D eigenvalue weighted by Gasteiger charge is 2.05. The summed E-state index contributed by atoms with van der Waals surface area (Å²) in [5, 5.41) is 11.2. The van der Waals surface area contributed by atoms with Crippen molar-refractivity contribution < 1.29 is 14.7 Å². The molecule has 0 radical (unpaired) electrons. The summed E-state index contributed by atoms with van der Waals surface area (Å²) in [5.74, 6) is -1.06. The van der Waals surface area contributed by atoms with Crippen LogP contribution < -0.4 is 5.32 Å². The fourth-order valence-corrected chi connectivity index (χ4v) is 1.75. The van der Waals surface area contributed by atoms with Gasteiger partial charge in [0.1, 0.15) is 0 Å². The van der Waals surface area contributed by atoms with E-state index in [2.05, 4.69) is 5.32 Å². The molecule has 1 amide bonds. The monoisotopic (exact) mass is 225 g/mol. The Hall–Kier alpha value is -1.49. The van der Waals surface area contributed by atoms with Crippen molar-refractivity contribution in [1.82, 2.24) is 0 Å². The summed E-state index contributed by atoms with van der Waals surface area (Å²) in [6.45, 7) is 1.42. The molecular formula is C10H11NO3S. The highest BCUT2D eigenvalue weighted by atomic mass is 32.2. The maximum absolute atomic E-state index is 10.9. The molecule has 0 bridgehead atoms. The zero-order chi connectivity index (χ0) is 11.3. The minimum Gasteiger partial charge on any atom is -0.481 e. The third-order valence-electron chi connectivity index (χ3n) is 1.55. The first kappa shape index (κ1) is 11.6. The van der Waals surface area contributed by atoms with E-state index < -0.39 is 5.97 Å². The molecule has 80 valence electrons. The van der Waals surface area contributed by atoms with Gasteiger partial charge in [0.05, 0.1) is 11.4 Å². The van der Waals surface area contributed by atoms with Crippen LogP contribution in [-0.4, -0.2) is 22.7 Å². The molecule has 0 unspecified atom stereocenters. The number of para-hydroxylation sites is 1. The minimum atomic E-state index is -0.877. The van der Waals surface area contributed by atoms with Gasteiger partial charge in [-0.3, -0.25) is 9.59 Å². The molecule has 2 N–H and O–H groups in total. The second-order valence-corrected chi connectivity index (χ2v) is 3.88. The third-order valence-corrected chi connectivity index (χ3v) is 2.61. The first-order valence-electron chi connectivity index (χ1n) is 4.31. The Balaban J connectivity index is 2.76. The van der Waals surface area contributed by atoms with Crippen molar-refractivity contribution in [3.05, 3.63) is 24.3 Å². The van der Waals surface area contributed by atoms with Crippen molar-refractivity contribution >= 4 is 29.3 Å². The van der Waals surface area contributed by atoms with Crippen molar-refractivity contribution in [2.45, 2.75) is 11.8 Å². The number of rotatable bonds is 4. The van der Waals surface area contributed by atoms with Crippen LogP contribution in [0.25, 0.3) is 0 Å². The average Bonchev–Trinajstić information content (AvgIpc) is 2.15. The molecule has 1 aromatic carbocycles. The average molecular weight is 225 g/mol. The Morgan fingerprint density at radius 3 is 2.67 bits per heavy atom. The number of hydrogen-bond acceptors (Lipinski definition) is 3. The van der Waals surface area contributed by atoms with Crippen molar-refractivity contribution in [2.75, 3.05) is 11.1 Å². The van der Waals surface area contributed by atoms with Crippen LogP contribution in [0, 0.1) is 0 Å². The number of thioether (sulfide) groups is 1. The van der Waals surface area contributed by atoms with E-state index in [9.17, 15) is 9.59 Å². The lowest BCUT2D eigenvalue weighted by Gasteiger charge is -2.07. The maximum atomic E-state index is 10.9. The van der Waals surface area contributed by atoms with E-state index in [1.165, 1.54) is 18.7 Å². The normalized spacial score (nSPS) is 9.67. The third kappa shape index (κ3) is 4.03. The summed E-state index contributed by atoms with van der Waals surface area (Å²) in [7, 11) is 0. The van der Waals surface area contributed by atoms with Gasteiger partial charge < -0.3 is 10.4 Å². The summed E-state index contributed by atoms with van der Waals surface area (Å²) >= 11 is 1.18. The quantitative estimate of drug-likeness (QED) is 0.767. The van der Waals surface area contributed by atoms with Gasteiger partial charge in [0.15, 0.2) is 0 Å². The van der Waals surface area contributed by atoms with E-state index in [0.717, 1.165) is 4.90 Å². The zero-order valence-corrected chi connectivity index (χ0v) is 9.00. The molecule has 0 aliphatic rings. The van der Waals surface area contributed by atoms with Gasteiger partial charge >= 0.3 is 5.97 Å². The molecule has 5 heteroatoms. The van der Waals surface area contributed by atoms with E-state index in [4.69, 9.17) is 5.11 Å². The van der Waals surface area contributed by atoms with E-state index in [-0.39, 0.29) is 11.7 Å². The molecule has 15 heavy (non-hydrogen) atoms. The number of amides is 1. The first-order chi connectivity index (χ1) is 7.09. The number of hydrogen-bond donors (Lipinski definition) is 2. The molecule has 0 aromatic heterocycles. The maximum Gasteiger partial charge on any atom is 0.313 e. The van der Waals surface area contributed by atoms with Gasteiger partial charge in [-0.25, -0.2) is 0 Å². The molecule has 1 aromatic rings. The summed E-state index contributed by atoms with van der Waals surface area (Å²) in [6.07, 6.45) is 0. The van der Waals surface area contributed by atoms with Crippen molar-refractivity contribution in [3.63, 3.8) is 0 Å². The molecule has 4 nitrogen and oxygen atoms in total. The summed E-state index contributed by atoms with van der Waals surface area (Å²) in [5.41, 5.74) is 0.649. The van der Waals surface area contributed by atoms with E-state index in [1.807, 2.05) is 0 Å². The smallest absolute Gasteiger partial charge is 0.313 e. The lowest BCUT2D eigenvalue weighted by atomic mass is 10.3. The molecule has 0 saturated heterocycles. The summed E-state index contributed by atoms with van der Waals surface area (Å²) in [6, 6.07) is 7.11. The Labute approximate surface area is 91.7 Å². The topological polar surface area (TPSA) is 66.4 Å². The Morgan fingerprint density at radius 2 is 2.07 bits per heavy atom. The van der Waals surface area contributed by atoms with Crippen LogP contribution in [0.1, 0.15) is 6.92 Å². The van der Waals surface area contributed by atoms with Gasteiger partial charge in [-0.05, 0) is 12.1 Å². The van der Waals surface area contributed by atoms with Crippen LogP contribution in [0.3, 0.4) is 0 Å². The number of carboxylic acids is 1. The fraction of sp³-hybridized carbons (Fsp3) is 0.200. The van der Waals surface area contributed by atoms with Gasteiger partial charge in [-0.15, -0.1) is 11.8 Å². The molecular weight excluding hydrogens is 214 g/mol. The molecule has 0 atom stereocenters. The molecule has 1 rings (SSSR count). The van der Waals surface area contributed by atoms with E-state index >= 15 is 0 Å². The number of carboxylic acid groups (broad SMARTS) is 1. The molecule has 0 saturated carbocycles. The van der Waals surface area contributed by atoms with Crippen LogP contribution in [0.2, 0.25) is 0 Å². The molecule has 0 fully saturated rings. The SMILES string of the molecule is CC(=O)Nc1ccccc1SCC(=O)O.